The highest BCUT2D eigenvalue weighted by molar-refractivity contribution is 6.36. The van der Waals surface area contributed by atoms with Crippen molar-refractivity contribution in [1.82, 2.24) is 5.32 Å². The van der Waals surface area contributed by atoms with E-state index in [0.29, 0.717) is 15.7 Å². The van der Waals surface area contributed by atoms with E-state index in [2.05, 4.69) is 10.6 Å². The van der Waals surface area contributed by atoms with Gasteiger partial charge < -0.3 is 15.5 Å². The molecule has 22 heavy (non-hydrogen) atoms. The zero-order valence-electron chi connectivity index (χ0n) is 13.2. The first-order chi connectivity index (χ1) is 10.2. The summed E-state index contributed by atoms with van der Waals surface area (Å²) in [6, 6.07) is 4.55. The number of carbonyl (C=O) groups excluding carboxylic acids is 2. The lowest BCUT2D eigenvalue weighted by atomic mass is 10.2. The van der Waals surface area contributed by atoms with Crippen molar-refractivity contribution in [2.45, 2.75) is 32.9 Å². The molecule has 0 aliphatic rings. The fraction of sp³-hybridized carbons (Fsp3) is 0.467. The zero-order chi connectivity index (χ0) is 16.9. The molecule has 0 saturated carbocycles. The number of likely N-dealkylation sites (N-methyl/N-ethyl adjacent to an activating group) is 1. The quantitative estimate of drug-likeness (QED) is 0.728. The Bertz CT molecular complexity index is 550. The second kappa shape index (κ2) is 8.36. The van der Waals surface area contributed by atoms with Crippen molar-refractivity contribution < 1.29 is 14.5 Å². The maximum Gasteiger partial charge on any atom is 0.282 e. The zero-order valence-corrected chi connectivity index (χ0v) is 14.7. The molecule has 2 atom stereocenters. The van der Waals surface area contributed by atoms with E-state index in [1.807, 2.05) is 13.8 Å². The van der Waals surface area contributed by atoms with Crippen LogP contribution in [0.2, 0.25) is 10.0 Å². The number of amides is 2. The number of hydrogen-bond donors (Lipinski definition) is 3. The number of quaternary nitrogens is 1. The van der Waals surface area contributed by atoms with Gasteiger partial charge in [0.1, 0.15) is 0 Å². The summed E-state index contributed by atoms with van der Waals surface area (Å²) in [5, 5.41) is 6.44. The highest BCUT2D eigenvalue weighted by atomic mass is 35.5. The second-order valence-corrected chi connectivity index (χ2v) is 6.42. The molecule has 0 aliphatic heterocycles. The van der Waals surface area contributed by atoms with Gasteiger partial charge in [0.2, 0.25) is 0 Å². The maximum absolute atomic E-state index is 12.2. The molecule has 1 aromatic rings. The van der Waals surface area contributed by atoms with Crippen LogP contribution in [-0.4, -0.2) is 37.5 Å². The van der Waals surface area contributed by atoms with Gasteiger partial charge in [-0.05, 0) is 39.0 Å². The lowest BCUT2D eigenvalue weighted by molar-refractivity contribution is -0.885. The van der Waals surface area contributed by atoms with Gasteiger partial charge in [-0.25, -0.2) is 0 Å². The van der Waals surface area contributed by atoms with Crippen LogP contribution in [0.3, 0.4) is 0 Å². The molecule has 0 bridgehead atoms. The van der Waals surface area contributed by atoms with Crippen LogP contribution in [0.1, 0.15) is 20.8 Å². The van der Waals surface area contributed by atoms with E-state index in [1.165, 1.54) is 0 Å². The molecule has 122 valence electrons. The van der Waals surface area contributed by atoms with Crippen molar-refractivity contribution in [3.8, 4) is 0 Å². The lowest BCUT2D eigenvalue weighted by Crippen LogP contribution is -3.15. The normalized spacial score (nSPS) is 13.6. The number of carbonyl (C=O) groups is 2. The Kier molecular flexibility index (Phi) is 7.13. The van der Waals surface area contributed by atoms with Crippen LogP contribution in [0.5, 0.6) is 0 Å². The maximum atomic E-state index is 12.2. The number of nitrogens with one attached hydrogen (secondary N) is 3. The fourth-order valence-corrected chi connectivity index (χ4v) is 2.29. The average Bonchev–Trinajstić information content (AvgIpc) is 2.39. The summed E-state index contributed by atoms with van der Waals surface area (Å²) in [7, 11) is 1.80. The summed E-state index contributed by atoms with van der Waals surface area (Å²) in [5.41, 5.74) is 0.502. The summed E-state index contributed by atoms with van der Waals surface area (Å²) in [4.78, 5) is 24.8. The molecule has 1 aromatic carbocycles. The molecule has 0 aromatic heterocycles. The van der Waals surface area contributed by atoms with Crippen LogP contribution in [0.15, 0.2) is 18.2 Å². The Labute approximate surface area is 141 Å². The molecule has 0 radical (unpaired) electrons. The van der Waals surface area contributed by atoms with Crippen LogP contribution in [0.25, 0.3) is 0 Å². The van der Waals surface area contributed by atoms with E-state index in [9.17, 15) is 9.59 Å². The molecule has 0 heterocycles. The van der Waals surface area contributed by atoms with Crippen LogP contribution in [-0.2, 0) is 9.59 Å². The number of halogens is 2. The van der Waals surface area contributed by atoms with Gasteiger partial charge in [0.15, 0.2) is 12.6 Å². The Balaban J connectivity index is 2.62. The first kappa shape index (κ1) is 18.7. The van der Waals surface area contributed by atoms with Crippen LogP contribution >= 0.6 is 23.2 Å². The monoisotopic (exact) mass is 346 g/mol. The summed E-state index contributed by atoms with van der Waals surface area (Å²) in [5.74, 6) is -0.296. The van der Waals surface area contributed by atoms with Gasteiger partial charge >= 0.3 is 0 Å². The van der Waals surface area contributed by atoms with Gasteiger partial charge in [0.05, 0.1) is 17.8 Å². The fourth-order valence-electron chi connectivity index (χ4n) is 1.83. The molecule has 5 nitrogen and oxygen atoms in total. The smallest absolute Gasteiger partial charge is 0.282 e. The van der Waals surface area contributed by atoms with Crippen molar-refractivity contribution >= 4 is 40.7 Å². The minimum absolute atomic E-state index is 0.0808. The summed E-state index contributed by atoms with van der Waals surface area (Å²) < 4.78 is 0. The Morgan fingerprint density at radius 1 is 1.23 bits per heavy atom. The first-order valence-corrected chi connectivity index (χ1v) is 7.84. The van der Waals surface area contributed by atoms with E-state index in [0.717, 1.165) is 4.90 Å². The number of hydrogen-bond acceptors (Lipinski definition) is 2. The Morgan fingerprint density at radius 3 is 2.41 bits per heavy atom. The number of rotatable bonds is 6. The molecular formula is C15H22Cl2N3O2+. The largest absolute Gasteiger partial charge is 0.349 e. The van der Waals surface area contributed by atoms with Gasteiger partial charge in [-0.1, -0.05) is 23.2 Å². The van der Waals surface area contributed by atoms with Crippen LogP contribution in [0.4, 0.5) is 5.69 Å². The molecule has 0 fully saturated rings. The summed E-state index contributed by atoms with van der Waals surface area (Å²) >= 11 is 11.8. The molecule has 2 amide bonds. The van der Waals surface area contributed by atoms with Crippen molar-refractivity contribution in [1.29, 1.82) is 0 Å². The standard InChI is InChI=1S/C15H21Cl2N3O2/c1-9(2)18-14(21)8-20(4)10(3)15(22)19-13-6-5-11(16)7-12(13)17/h5-7,9-10H,8H2,1-4H3,(H,18,21)(H,19,22)/p+1/t10-/m0/s1. The lowest BCUT2D eigenvalue weighted by Gasteiger charge is -2.21. The molecule has 0 spiro atoms. The minimum Gasteiger partial charge on any atom is -0.349 e. The Hall–Kier alpha value is -1.30. The van der Waals surface area contributed by atoms with Gasteiger partial charge in [-0.2, -0.15) is 0 Å². The predicted molar refractivity (Wildman–Crippen MR) is 89.6 cm³/mol. The third-order valence-electron chi connectivity index (χ3n) is 3.21. The minimum atomic E-state index is -0.398. The van der Waals surface area contributed by atoms with Crippen LogP contribution in [0, 0.1) is 0 Å². The van der Waals surface area contributed by atoms with E-state index in [1.54, 1.807) is 32.2 Å². The molecule has 7 heteroatoms. The van der Waals surface area contributed by atoms with E-state index >= 15 is 0 Å². The van der Waals surface area contributed by atoms with Gasteiger partial charge in [-0.15, -0.1) is 0 Å². The van der Waals surface area contributed by atoms with E-state index in [-0.39, 0.29) is 24.4 Å². The molecule has 0 aliphatic carbocycles. The Morgan fingerprint density at radius 2 is 1.86 bits per heavy atom. The first-order valence-electron chi connectivity index (χ1n) is 7.08. The van der Waals surface area contributed by atoms with E-state index in [4.69, 9.17) is 23.2 Å². The topological polar surface area (TPSA) is 62.6 Å². The van der Waals surface area contributed by atoms with Gasteiger partial charge in [0.25, 0.3) is 11.8 Å². The summed E-state index contributed by atoms with van der Waals surface area (Å²) in [6.45, 7) is 5.77. The molecule has 0 saturated heterocycles. The second-order valence-electron chi connectivity index (χ2n) is 5.58. The highest BCUT2D eigenvalue weighted by Crippen LogP contribution is 2.25. The number of benzene rings is 1. The SMILES string of the molecule is CC(C)NC(=O)C[NH+](C)[C@@H](C)C(=O)Nc1ccc(Cl)cc1Cl. The molecule has 1 unspecified atom stereocenters. The van der Waals surface area contributed by atoms with Crippen molar-refractivity contribution in [2.24, 2.45) is 0 Å². The van der Waals surface area contributed by atoms with E-state index < -0.39 is 6.04 Å². The van der Waals surface area contributed by atoms with Crippen molar-refractivity contribution in [3.63, 3.8) is 0 Å². The van der Waals surface area contributed by atoms with Gasteiger partial charge in [-0.3, -0.25) is 9.59 Å². The highest BCUT2D eigenvalue weighted by Gasteiger charge is 2.24. The third-order valence-corrected chi connectivity index (χ3v) is 3.76. The predicted octanol–water partition coefficient (Wildman–Crippen LogP) is 1.36. The van der Waals surface area contributed by atoms with Crippen LogP contribution < -0.4 is 15.5 Å². The van der Waals surface area contributed by atoms with Crippen molar-refractivity contribution in [2.75, 3.05) is 18.9 Å². The summed E-state index contributed by atoms with van der Waals surface area (Å²) in [6.07, 6.45) is 0. The molecule has 1 rings (SSSR count). The molecular weight excluding hydrogens is 325 g/mol. The third kappa shape index (κ3) is 5.83. The average molecular weight is 347 g/mol. The van der Waals surface area contributed by atoms with Gasteiger partial charge in [0, 0.05) is 11.1 Å². The molecule has 3 N–H and O–H groups in total. The number of anilines is 1. The van der Waals surface area contributed by atoms with Crippen molar-refractivity contribution in [3.05, 3.63) is 28.2 Å².